The average Bonchev–Trinajstić information content (AvgIpc) is 3.28. The summed E-state index contributed by atoms with van der Waals surface area (Å²) in [6.07, 6.45) is 6.28. The third kappa shape index (κ3) is 3.37. The molecule has 0 atom stereocenters. The van der Waals surface area contributed by atoms with E-state index >= 15 is 0 Å². The van der Waals surface area contributed by atoms with Gasteiger partial charge in [0.2, 0.25) is 0 Å². The van der Waals surface area contributed by atoms with Crippen molar-refractivity contribution in [2.75, 3.05) is 20.3 Å². The molecule has 7 heteroatoms. The highest BCUT2D eigenvalue weighted by Crippen LogP contribution is 2.29. The van der Waals surface area contributed by atoms with Crippen LogP contribution in [0.5, 0.6) is 5.75 Å². The highest BCUT2D eigenvalue weighted by atomic mass is 32.1. The number of ether oxygens (including phenoxy) is 2. The first-order valence-corrected chi connectivity index (χ1v) is 9.60. The van der Waals surface area contributed by atoms with Crippen LogP contribution in [0.25, 0.3) is 5.65 Å². The molecule has 3 aromatic heterocycles. The molecule has 0 bridgehead atoms. The lowest BCUT2D eigenvalue weighted by molar-refractivity contribution is 0.0846. The van der Waals surface area contributed by atoms with Gasteiger partial charge < -0.3 is 13.9 Å². The maximum atomic E-state index is 12.5. The van der Waals surface area contributed by atoms with E-state index in [1.807, 2.05) is 29.0 Å². The number of fused-ring (bicyclic) bond motifs is 1. The molecule has 0 spiro atoms. The molecular formula is C19H21N3O3S. The SMILES string of the molecule is COc1cc(CC(=O)c2csc(C)n2)cn2cc(C3CCOCC3)nc12. The number of rotatable bonds is 5. The number of carbonyl (C=O) groups is 1. The van der Waals surface area contributed by atoms with E-state index in [2.05, 4.69) is 11.2 Å². The lowest BCUT2D eigenvalue weighted by Gasteiger charge is -2.19. The second-order valence-corrected chi connectivity index (χ2v) is 7.61. The van der Waals surface area contributed by atoms with Crippen molar-refractivity contribution in [2.45, 2.75) is 32.1 Å². The van der Waals surface area contributed by atoms with Crippen LogP contribution in [0.4, 0.5) is 0 Å². The summed E-state index contributed by atoms with van der Waals surface area (Å²) in [6.45, 7) is 3.46. The molecule has 0 amide bonds. The zero-order valence-electron chi connectivity index (χ0n) is 14.9. The molecule has 0 unspecified atom stereocenters. The van der Waals surface area contributed by atoms with Crippen molar-refractivity contribution >= 4 is 22.8 Å². The van der Waals surface area contributed by atoms with E-state index < -0.39 is 0 Å². The number of ketones is 1. The van der Waals surface area contributed by atoms with Crippen LogP contribution >= 0.6 is 11.3 Å². The third-order valence-electron chi connectivity index (χ3n) is 4.72. The molecule has 3 aromatic rings. The van der Waals surface area contributed by atoms with Crippen LogP contribution in [0.3, 0.4) is 0 Å². The van der Waals surface area contributed by atoms with E-state index in [1.165, 1.54) is 11.3 Å². The number of thiazole rings is 1. The zero-order chi connectivity index (χ0) is 18.1. The molecule has 1 fully saturated rings. The lowest BCUT2D eigenvalue weighted by Crippen LogP contribution is -2.14. The van der Waals surface area contributed by atoms with Crippen LogP contribution in [-0.4, -0.2) is 40.5 Å². The van der Waals surface area contributed by atoms with Gasteiger partial charge in [0.15, 0.2) is 17.2 Å². The Morgan fingerprint density at radius 3 is 2.85 bits per heavy atom. The van der Waals surface area contributed by atoms with Gasteiger partial charge in [0.25, 0.3) is 0 Å². The molecule has 0 saturated carbocycles. The van der Waals surface area contributed by atoms with Gasteiger partial charge in [-0.05, 0) is 31.4 Å². The van der Waals surface area contributed by atoms with Gasteiger partial charge in [-0.2, -0.15) is 0 Å². The van der Waals surface area contributed by atoms with Crippen molar-refractivity contribution in [1.29, 1.82) is 0 Å². The van der Waals surface area contributed by atoms with Gasteiger partial charge in [-0.15, -0.1) is 11.3 Å². The second-order valence-electron chi connectivity index (χ2n) is 6.55. The van der Waals surface area contributed by atoms with Crippen LogP contribution in [0.2, 0.25) is 0 Å². The maximum Gasteiger partial charge on any atom is 0.186 e. The first-order valence-electron chi connectivity index (χ1n) is 8.72. The van der Waals surface area contributed by atoms with Gasteiger partial charge in [-0.25, -0.2) is 9.97 Å². The first kappa shape index (κ1) is 17.2. The Bertz CT molecular complexity index is 941. The van der Waals surface area contributed by atoms with Crippen LogP contribution in [0, 0.1) is 6.92 Å². The summed E-state index contributed by atoms with van der Waals surface area (Å²) >= 11 is 1.49. The summed E-state index contributed by atoms with van der Waals surface area (Å²) in [7, 11) is 1.63. The molecule has 4 rings (SSSR count). The number of hydrogen-bond donors (Lipinski definition) is 0. The summed E-state index contributed by atoms with van der Waals surface area (Å²) in [5.74, 6) is 1.11. The molecule has 0 radical (unpaired) electrons. The van der Waals surface area contributed by atoms with Gasteiger partial charge in [-0.3, -0.25) is 4.79 Å². The standard InChI is InChI=1S/C19H21N3O3S/c1-12-20-16(11-26-12)17(23)7-13-8-18(24-2)19-21-15(10-22(19)9-13)14-3-5-25-6-4-14/h8-11,14H,3-7H2,1-2H3. The fourth-order valence-electron chi connectivity index (χ4n) is 3.35. The van der Waals surface area contributed by atoms with Crippen LogP contribution < -0.4 is 4.74 Å². The summed E-state index contributed by atoms with van der Waals surface area (Å²) in [6, 6.07) is 1.90. The number of methoxy groups -OCH3 is 1. The molecule has 6 nitrogen and oxygen atoms in total. The number of hydrogen-bond acceptors (Lipinski definition) is 6. The minimum absolute atomic E-state index is 0.0144. The van der Waals surface area contributed by atoms with Crippen molar-refractivity contribution in [3.05, 3.63) is 45.8 Å². The van der Waals surface area contributed by atoms with E-state index in [1.54, 1.807) is 7.11 Å². The normalized spacial score (nSPS) is 15.5. The molecule has 1 aliphatic rings. The number of pyridine rings is 1. The van der Waals surface area contributed by atoms with Gasteiger partial charge in [0, 0.05) is 43.3 Å². The summed E-state index contributed by atoms with van der Waals surface area (Å²) in [5.41, 5.74) is 3.26. The predicted molar refractivity (Wildman–Crippen MR) is 99.4 cm³/mol. The van der Waals surface area contributed by atoms with Crippen molar-refractivity contribution in [3.8, 4) is 5.75 Å². The Hall–Kier alpha value is -2.25. The Morgan fingerprint density at radius 2 is 2.15 bits per heavy atom. The van der Waals surface area contributed by atoms with Crippen LogP contribution in [0.15, 0.2) is 23.8 Å². The fourth-order valence-corrected chi connectivity index (χ4v) is 3.96. The second kappa shape index (κ2) is 7.17. The van der Waals surface area contributed by atoms with Gasteiger partial charge in [-0.1, -0.05) is 0 Å². The van der Waals surface area contributed by atoms with Crippen LogP contribution in [-0.2, 0) is 11.2 Å². The van der Waals surface area contributed by atoms with Crippen molar-refractivity contribution in [2.24, 2.45) is 0 Å². The Balaban J connectivity index is 1.64. The summed E-state index contributed by atoms with van der Waals surface area (Å²) < 4.78 is 12.9. The number of Topliss-reactive ketones (excluding diaryl/α,β-unsaturated/α-hetero) is 1. The Morgan fingerprint density at radius 1 is 1.35 bits per heavy atom. The highest BCUT2D eigenvalue weighted by molar-refractivity contribution is 7.09. The third-order valence-corrected chi connectivity index (χ3v) is 5.50. The number of aromatic nitrogens is 3. The molecule has 136 valence electrons. The summed E-state index contributed by atoms with van der Waals surface area (Å²) in [5, 5.41) is 2.71. The average molecular weight is 371 g/mol. The predicted octanol–water partition coefficient (Wildman–Crippen LogP) is 3.43. The first-order chi connectivity index (χ1) is 12.6. The van der Waals surface area contributed by atoms with Gasteiger partial charge in [0.1, 0.15) is 5.69 Å². The largest absolute Gasteiger partial charge is 0.493 e. The quantitative estimate of drug-likeness (QED) is 0.643. The lowest BCUT2D eigenvalue weighted by atomic mass is 9.97. The van der Waals surface area contributed by atoms with Crippen molar-refractivity contribution < 1.29 is 14.3 Å². The molecule has 0 aromatic carbocycles. The van der Waals surface area contributed by atoms with E-state index in [4.69, 9.17) is 14.5 Å². The van der Waals surface area contributed by atoms with Crippen molar-refractivity contribution in [1.82, 2.24) is 14.4 Å². The topological polar surface area (TPSA) is 65.7 Å². The smallest absolute Gasteiger partial charge is 0.186 e. The summed E-state index contributed by atoms with van der Waals surface area (Å²) in [4.78, 5) is 21.5. The number of carbonyl (C=O) groups excluding carboxylic acids is 1. The van der Waals surface area contributed by atoms with E-state index in [0.717, 1.165) is 48.0 Å². The molecular weight excluding hydrogens is 350 g/mol. The number of imidazole rings is 1. The molecule has 0 aliphatic carbocycles. The van der Waals surface area contributed by atoms with Crippen molar-refractivity contribution in [3.63, 3.8) is 0 Å². The Kier molecular flexibility index (Phi) is 4.74. The van der Waals surface area contributed by atoms with Gasteiger partial charge >= 0.3 is 0 Å². The van der Waals surface area contributed by atoms with E-state index in [0.29, 0.717) is 23.8 Å². The number of aryl methyl sites for hydroxylation is 1. The Labute approximate surface area is 155 Å². The van der Waals surface area contributed by atoms with E-state index in [9.17, 15) is 4.79 Å². The molecule has 0 N–H and O–H groups in total. The van der Waals surface area contributed by atoms with Crippen LogP contribution in [0.1, 0.15) is 45.5 Å². The highest BCUT2D eigenvalue weighted by Gasteiger charge is 2.20. The number of nitrogens with zero attached hydrogens (tertiary/aromatic N) is 3. The fraction of sp³-hybridized carbons (Fsp3) is 0.421. The molecule has 4 heterocycles. The minimum atomic E-state index is 0.0144. The molecule has 26 heavy (non-hydrogen) atoms. The molecule has 1 aliphatic heterocycles. The zero-order valence-corrected chi connectivity index (χ0v) is 15.7. The van der Waals surface area contributed by atoms with E-state index in [-0.39, 0.29) is 5.78 Å². The van der Waals surface area contributed by atoms with Gasteiger partial charge in [0.05, 0.1) is 17.8 Å². The minimum Gasteiger partial charge on any atom is -0.493 e. The monoisotopic (exact) mass is 371 g/mol. The maximum absolute atomic E-state index is 12.5. The molecule has 1 saturated heterocycles.